The number of nitrogens with zero attached hydrogens (tertiary/aromatic N) is 1. The van der Waals surface area contributed by atoms with Crippen molar-refractivity contribution in [3.8, 4) is 11.1 Å². The highest BCUT2D eigenvalue weighted by Gasteiger charge is 2.33. The molecule has 3 nitrogen and oxygen atoms in total. The van der Waals surface area contributed by atoms with Gasteiger partial charge in [-0.05, 0) is 23.8 Å². The van der Waals surface area contributed by atoms with Gasteiger partial charge in [-0.25, -0.2) is 4.79 Å². The summed E-state index contributed by atoms with van der Waals surface area (Å²) in [6.45, 7) is 0. The Hall–Kier alpha value is -2.08. The molecule has 2 rings (SSSR count). The summed E-state index contributed by atoms with van der Waals surface area (Å²) in [5.41, 5.74) is -1.25. The summed E-state index contributed by atoms with van der Waals surface area (Å²) in [7, 11) is 0. The molecule has 0 saturated carbocycles. The summed E-state index contributed by atoms with van der Waals surface area (Å²) in [5.74, 6) is -1.31. The largest absolute Gasteiger partial charge is 0.478 e. The van der Waals surface area contributed by atoms with Crippen molar-refractivity contribution in [2.24, 2.45) is 0 Å². The SMILES string of the molecule is O=C(O)c1cc(-c2cnccc2C(F)(F)F)ccc1Cl. The fourth-order valence-electron chi connectivity index (χ4n) is 1.73. The van der Waals surface area contributed by atoms with Crippen LogP contribution in [0.5, 0.6) is 0 Å². The molecule has 2 aromatic rings. The first kappa shape index (κ1) is 14.3. The Balaban J connectivity index is 2.64. The maximum atomic E-state index is 12.9. The Labute approximate surface area is 116 Å². The topological polar surface area (TPSA) is 50.2 Å². The lowest BCUT2D eigenvalue weighted by Gasteiger charge is -2.12. The Morgan fingerprint density at radius 1 is 1.25 bits per heavy atom. The van der Waals surface area contributed by atoms with E-state index in [1.54, 1.807) is 0 Å². The van der Waals surface area contributed by atoms with E-state index in [1.807, 2.05) is 0 Å². The number of halogens is 4. The highest BCUT2D eigenvalue weighted by atomic mass is 35.5. The van der Waals surface area contributed by atoms with Crippen LogP contribution in [0.4, 0.5) is 13.2 Å². The van der Waals surface area contributed by atoms with Gasteiger partial charge in [-0.2, -0.15) is 13.2 Å². The zero-order valence-electron chi connectivity index (χ0n) is 9.78. The van der Waals surface area contributed by atoms with Crippen molar-refractivity contribution in [3.63, 3.8) is 0 Å². The number of rotatable bonds is 2. The number of carbonyl (C=O) groups is 1. The molecule has 0 saturated heterocycles. The first-order valence-corrected chi connectivity index (χ1v) is 5.73. The van der Waals surface area contributed by atoms with Crippen molar-refractivity contribution in [2.75, 3.05) is 0 Å². The van der Waals surface area contributed by atoms with E-state index in [0.29, 0.717) is 0 Å². The Morgan fingerprint density at radius 3 is 2.55 bits per heavy atom. The number of pyridine rings is 1. The number of aromatic nitrogens is 1. The van der Waals surface area contributed by atoms with Crippen LogP contribution in [0.3, 0.4) is 0 Å². The maximum Gasteiger partial charge on any atom is 0.417 e. The zero-order valence-corrected chi connectivity index (χ0v) is 10.5. The molecular formula is C13H7ClF3NO2. The normalized spacial score (nSPS) is 11.4. The fraction of sp³-hybridized carbons (Fsp3) is 0.0769. The number of alkyl halides is 3. The molecule has 0 aliphatic heterocycles. The second-order valence-electron chi connectivity index (χ2n) is 3.92. The molecule has 1 aromatic carbocycles. The third kappa shape index (κ3) is 2.75. The van der Waals surface area contributed by atoms with Crippen LogP contribution in [-0.4, -0.2) is 16.1 Å². The van der Waals surface area contributed by atoms with Gasteiger partial charge in [0.1, 0.15) is 0 Å². The smallest absolute Gasteiger partial charge is 0.417 e. The van der Waals surface area contributed by atoms with Crippen molar-refractivity contribution >= 4 is 17.6 Å². The monoisotopic (exact) mass is 301 g/mol. The minimum absolute atomic E-state index is 0.0429. The second-order valence-corrected chi connectivity index (χ2v) is 4.33. The summed E-state index contributed by atoms with van der Waals surface area (Å²) in [5, 5.41) is 8.90. The number of carboxylic acid groups (broad SMARTS) is 1. The minimum Gasteiger partial charge on any atom is -0.478 e. The van der Waals surface area contributed by atoms with Crippen LogP contribution in [0.25, 0.3) is 11.1 Å². The molecular weight excluding hydrogens is 295 g/mol. The van der Waals surface area contributed by atoms with Gasteiger partial charge in [0.2, 0.25) is 0 Å². The summed E-state index contributed by atoms with van der Waals surface area (Å²) < 4.78 is 38.7. The number of hydrogen-bond donors (Lipinski definition) is 1. The van der Waals surface area contributed by atoms with E-state index >= 15 is 0 Å². The van der Waals surface area contributed by atoms with Gasteiger partial charge < -0.3 is 5.11 Å². The lowest BCUT2D eigenvalue weighted by molar-refractivity contribution is -0.137. The average Bonchev–Trinajstić information content (AvgIpc) is 2.38. The van der Waals surface area contributed by atoms with Crippen LogP contribution in [0, 0.1) is 0 Å². The third-order valence-corrected chi connectivity index (χ3v) is 2.96. The van der Waals surface area contributed by atoms with E-state index in [9.17, 15) is 18.0 Å². The van der Waals surface area contributed by atoms with E-state index in [0.717, 1.165) is 24.5 Å². The van der Waals surface area contributed by atoms with Gasteiger partial charge >= 0.3 is 12.1 Å². The molecule has 0 amide bonds. The van der Waals surface area contributed by atoms with Crippen molar-refractivity contribution in [1.29, 1.82) is 0 Å². The Kier molecular flexibility index (Phi) is 3.67. The molecule has 0 aliphatic carbocycles. The molecule has 1 heterocycles. The van der Waals surface area contributed by atoms with Crippen LogP contribution < -0.4 is 0 Å². The first-order valence-electron chi connectivity index (χ1n) is 5.35. The minimum atomic E-state index is -4.55. The van der Waals surface area contributed by atoms with Gasteiger partial charge in [0.15, 0.2) is 0 Å². The average molecular weight is 302 g/mol. The van der Waals surface area contributed by atoms with Crippen LogP contribution in [0.1, 0.15) is 15.9 Å². The van der Waals surface area contributed by atoms with Gasteiger partial charge in [0.05, 0.1) is 16.1 Å². The lowest BCUT2D eigenvalue weighted by atomic mass is 10.00. The highest BCUT2D eigenvalue weighted by Crippen LogP contribution is 2.37. The fourth-order valence-corrected chi connectivity index (χ4v) is 1.93. The first-order chi connectivity index (χ1) is 9.30. The van der Waals surface area contributed by atoms with E-state index in [4.69, 9.17) is 16.7 Å². The van der Waals surface area contributed by atoms with Gasteiger partial charge in [0.25, 0.3) is 0 Å². The Bertz CT molecular complexity index is 671. The molecule has 0 fully saturated rings. The standard InChI is InChI=1S/C13H7ClF3NO2/c14-11-2-1-7(5-8(11)12(19)20)9-6-18-4-3-10(9)13(15,16)17/h1-6H,(H,19,20). The lowest BCUT2D eigenvalue weighted by Crippen LogP contribution is -2.07. The molecule has 1 N–H and O–H groups in total. The maximum absolute atomic E-state index is 12.9. The summed E-state index contributed by atoms with van der Waals surface area (Å²) in [6.07, 6.45) is -2.49. The van der Waals surface area contributed by atoms with E-state index < -0.39 is 17.7 Å². The van der Waals surface area contributed by atoms with Crippen LogP contribution in [0.2, 0.25) is 5.02 Å². The van der Waals surface area contributed by atoms with Gasteiger partial charge in [-0.15, -0.1) is 0 Å². The molecule has 0 spiro atoms. The van der Waals surface area contributed by atoms with E-state index in [1.165, 1.54) is 12.1 Å². The molecule has 1 aromatic heterocycles. The molecule has 0 aliphatic rings. The quantitative estimate of drug-likeness (QED) is 0.907. The van der Waals surface area contributed by atoms with E-state index in [-0.39, 0.29) is 21.7 Å². The van der Waals surface area contributed by atoms with Gasteiger partial charge in [0, 0.05) is 18.0 Å². The molecule has 0 unspecified atom stereocenters. The highest BCUT2D eigenvalue weighted by molar-refractivity contribution is 6.33. The summed E-state index contributed by atoms with van der Waals surface area (Å²) in [4.78, 5) is 14.6. The summed E-state index contributed by atoms with van der Waals surface area (Å²) >= 11 is 5.69. The molecule has 7 heteroatoms. The molecule has 0 bridgehead atoms. The van der Waals surface area contributed by atoms with Gasteiger partial charge in [-0.3, -0.25) is 4.98 Å². The summed E-state index contributed by atoms with van der Waals surface area (Å²) in [6, 6.07) is 4.50. The molecule has 20 heavy (non-hydrogen) atoms. The van der Waals surface area contributed by atoms with Crippen molar-refractivity contribution in [1.82, 2.24) is 4.98 Å². The van der Waals surface area contributed by atoms with Crippen LogP contribution >= 0.6 is 11.6 Å². The molecule has 104 valence electrons. The van der Waals surface area contributed by atoms with Gasteiger partial charge in [-0.1, -0.05) is 17.7 Å². The van der Waals surface area contributed by atoms with Crippen molar-refractivity contribution in [3.05, 3.63) is 52.8 Å². The molecule has 0 atom stereocenters. The number of carboxylic acids is 1. The number of aromatic carboxylic acids is 1. The van der Waals surface area contributed by atoms with E-state index in [2.05, 4.69) is 4.98 Å². The predicted octanol–water partition coefficient (Wildman–Crippen LogP) is 4.12. The zero-order chi connectivity index (χ0) is 14.9. The number of hydrogen-bond acceptors (Lipinski definition) is 2. The Morgan fingerprint density at radius 2 is 1.95 bits per heavy atom. The van der Waals surface area contributed by atoms with Crippen molar-refractivity contribution in [2.45, 2.75) is 6.18 Å². The van der Waals surface area contributed by atoms with Crippen LogP contribution in [-0.2, 0) is 6.18 Å². The molecule has 0 radical (unpaired) electrons. The van der Waals surface area contributed by atoms with Crippen molar-refractivity contribution < 1.29 is 23.1 Å². The predicted molar refractivity (Wildman–Crippen MR) is 66.6 cm³/mol. The van der Waals surface area contributed by atoms with Crippen LogP contribution in [0.15, 0.2) is 36.7 Å². The number of benzene rings is 1. The second kappa shape index (κ2) is 5.13. The third-order valence-electron chi connectivity index (χ3n) is 2.63.